The van der Waals surface area contributed by atoms with Gasteiger partial charge in [0.05, 0.1) is 11.6 Å². The number of thiophene rings is 1. The van der Waals surface area contributed by atoms with E-state index in [1.165, 1.54) is 15.3 Å². The van der Waals surface area contributed by atoms with E-state index < -0.39 is 0 Å². The highest BCUT2D eigenvalue weighted by Crippen LogP contribution is 2.31. The summed E-state index contributed by atoms with van der Waals surface area (Å²) in [5, 5.41) is 1.14. The second kappa shape index (κ2) is 5.71. The smallest absolute Gasteiger partial charge is 0.0809 e. The lowest BCUT2D eigenvalue weighted by atomic mass is 10.0. The van der Waals surface area contributed by atoms with Crippen molar-refractivity contribution < 1.29 is 0 Å². The number of nitrogens with two attached hydrogens (primary N) is 1. The number of nitrogens with zero attached hydrogens (tertiary/aromatic N) is 1. The molecule has 0 aliphatic heterocycles. The Bertz CT molecular complexity index is 715. The molecule has 0 amide bonds. The molecule has 2 heterocycles. The molecule has 1 atom stereocenters. The molecule has 20 heavy (non-hydrogen) atoms. The number of hydrogen-bond acceptors (Lipinski definition) is 4. The zero-order valence-electron chi connectivity index (χ0n) is 11.3. The number of aryl methyl sites for hydroxylation is 1. The molecule has 0 spiro atoms. The van der Waals surface area contributed by atoms with Crippen LogP contribution in [0.1, 0.15) is 28.3 Å². The number of benzene rings is 1. The average molecular weight is 283 g/mol. The molecule has 3 rings (SSSR count). The molecule has 4 heteroatoms. The lowest BCUT2D eigenvalue weighted by molar-refractivity contribution is 0.650. The summed E-state index contributed by atoms with van der Waals surface area (Å²) in [4.78, 5) is 7.02. The molecule has 102 valence electrons. The molecule has 0 fully saturated rings. The first kappa shape index (κ1) is 13.2. The van der Waals surface area contributed by atoms with E-state index in [1.54, 1.807) is 11.3 Å². The average Bonchev–Trinajstić information content (AvgIpc) is 2.97. The zero-order chi connectivity index (χ0) is 13.9. The number of aromatic nitrogens is 1. The van der Waals surface area contributed by atoms with Crippen molar-refractivity contribution in [3.05, 3.63) is 64.0 Å². The first-order valence-electron chi connectivity index (χ1n) is 6.72. The summed E-state index contributed by atoms with van der Waals surface area (Å²) >= 11 is 1.81. The molecule has 0 saturated carbocycles. The minimum Gasteiger partial charge on any atom is -0.271 e. The van der Waals surface area contributed by atoms with E-state index in [-0.39, 0.29) is 6.04 Å². The maximum Gasteiger partial charge on any atom is 0.0809 e. The van der Waals surface area contributed by atoms with Gasteiger partial charge in [-0.3, -0.25) is 10.8 Å². The highest BCUT2D eigenvalue weighted by atomic mass is 32.1. The molecule has 3 N–H and O–H groups in total. The van der Waals surface area contributed by atoms with Crippen LogP contribution in [0.3, 0.4) is 0 Å². The van der Waals surface area contributed by atoms with Gasteiger partial charge < -0.3 is 0 Å². The Morgan fingerprint density at radius 3 is 2.85 bits per heavy atom. The standard InChI is InChI=1S/C16H17N3S/c1-2-11-8-9-15(20-11)16(19-17)13-5-3-7-14-12(13)6-4-10-18-14/h3-10,16,19H,2,17H2,1H3. The van der Waals surface area contributed by atoms with Gasteiger partial charge in [0, 0.05) is 21.3 Å². The van der Waals surface area contributed by atoms with Crippen LogP contribution >= 0.6 is 11.3 Å². The van der Waals surface area contributed by atoms with Crippen LogP contribution in [0.2, 0.25) is 0 Å². The highest BCUT2D eigenvalue weighted by molar-refractivity contribution is 7.12. The Kier molecular flexibility index (Phi) is 3.78. The van der Waals surface area contributed by atoms with Gasteiger partial charge in [-0.05, 0) is 36.2 Å². The van der Waals surface area contributed by atoms with Crippen LogP contribution in [0.15, 0.2) is 48.7 Å². The molecule has 2 aromatic heterocycles. The second-order valence-electron chi connectivity index (χ2n) is 4.67. The van der Waals surface area contributed by atoms with Crippen LogP contribution in [-0.4, -0.2) is 4.98 Å². The van der Waals surface area contributed by atoms with Crippen LogP contribution in [0.25, 0.3) is 10.9 Å². The molecule has 0 bridgehead atoms. The molecule has 0 saturated heterocycles. The lowest BCUT2D eigenvalue weighted by Gasteiger charge is -2.16. The van der Waals surface area contributed by atoms with Crippen LogP contribution in [0, 0.1) is 0 Å². The monoisotopic (exact) mass is 283 g/mol. The Balaban J connectivity index is 2.11. The fraction of sp³-hybridized carbons (Fsp3) is 0.188. The van der Waals surface area contributed by atoms with Gasteiger partial charge in [0.15, 0.2) is 0 Å². The van der Waals surface area contributed by atoms with Gasteiger partial charge in [-0.25, -0.2) is 5.43 Å². The summed E-state index contributed by atoms with van der Waals surface area (Å²) in [5.41, 5.74) is 5.11. The van der Waals surface area contributed by atoms with Crippen molar-refractivity contribution in [3.63, 3.8) is 0 Å². The highest BCUT2D eigenvalue weighted by Gasteiger charge is 2.17. The summed E-state index contributed by atoms with van der Waals surface area (Å²) in [6.07, 6.45) is 2.87. The molecule has 1 unspecified atom stereocenters. The normalized spacial score (nSPS) is 12.7. The second-order valence-corrected chi connectivity index (χ2v) is 5.87. The quantitative estimate of drug-likeness (QED) is 0.570. The molecule has 0 radical (unpaired) electrons. The van der Waals surface area contributed by atoms with E-state index in [0.29, 0.717) is 0 Å². The van der Waals surface area contributed by atoms with Crippen molar-refractivity contribution in [2.75, 3.05) is 0 Å². The molecular weight excluding hydrogens is 266 g/mol. The van der Waals surface area contributed by atoms with Crippen molar-refractivity contribution >= 4 is 22.2 Å². The first-order chi connectivity index (χ1) is 9.83. The van der Waals surface area contributed by atoms with E-state index >= 15 is 0 Å². The van der Waals surface area contributed by atoms with Crippen LogP contribution in [0.5, 0.6) is 0 Å². The predicted molar refractivity (Wildman–Crippen MR) is 84.6 cm³/mol. The Morgan fingerprint density at radius 1 is 1.20 bits per heavy atom. The summed E-state index contributed by atoms with van der Waals surface area (Å²) in [7, 11) is 0. The van der Waals surface area contributed by atoms with E-state index in [2.05, 4.69) is 41.6 Å². The van der Waals surface area contributed by atoms with Crippen LogP contribution < -0.4 is 11.3 Å². The van der Waals surface area contributed by atoms with E-state index in [0.717, 1.165) is 17.3 Å². The third-order valence-electron chi connectivity index (χ3n) is 3.47. The molecule has 0 aliphatic carbocycles. The summed E-state index contributed by atoms with van der Waals surface area (Å²) in [5.74, 6) is 5.81. The summed E-state index contributed by atoms with van der Waals surface area (Å²) < 4.78 is 0. The number of rotatable bonds is 4. The number of hydrogen-bond donors (Lipinski definition) is 2. The van der Waals surface area contributed by atoms with Gasteiger partial charge in [-0.2, -0.15) is 0 Å². The number of pyridine rings is 1. The van der Waals surface area contributed by atoms with Gasteiger partial charge in [0.1, 0.15) is 0 Å². The van der Waals surface area contributed by atoms with Gasteiger partial charge in [0.2, 0.25) is 0 Å². The summed E-state index contributed by atoms with van der Waals surface area (Å²) in [6, 6.07) is 14.6. The molecule has 0 aliphatic rings. The maximum absolute atomic E-state index is 5.81. The largest absolute Gasteiger partial charge is 0.271 e. The van der Waals surface area contributed by atoms with Crippen molar-refractivity contribution in [1.29, 1.82) is 0 Å². The van der Waals surface area contributed by atoms with E-state index in [4.69, 9.17) is 5.84 Å². The zero-order valence-corrected chi connectivity index (χ0v) is 12.2. The van der Waals surface area contributed by atoms with Gasteiger partial charge in [-0.15, -0.1) is 11.3 Å². The lowest BCUT2D eigenvalue weighted by Crippen LogP contribution is -2.28. The van der Waals surface area contributed by atoms with Crippen LogP contribution in [-0.2, 0) is 6.42 Å². The van der Waals surface area contributed by atoms with Crippen molar-refractivity contribution in [3.8, 4) is 0 Å². The van der Waals surface area contributed by atoms with Crippen LogP contribution in [0.4, 0.5) is 0 Å². The van der Waals surface area contributed by atoms with E-state index in [1.807, 2.05) is 24.4 Å². The minimum atomic E-state index is 0.00759. The van der Waals surface area contributed by atoms with E-state index in [9.17, 15) is 0 Å². The molecule has 3 aromatic rings. The first-order valence-corrected chi connectivity index (χ1v) is 7.53. The van der Waals surface area contributed by atoms with Gasteiger partial charge in [0.25, 0.3) is 0 Å². The van der Waals surface area contributed by atoms with Crippen molar-refractivity contribution in [1.82, 2.24) is 10.4 Å². The topological polar surface area (TPSA) is 50.9 Å². The van der Waals surface area contributed by atoms with Crippen molar-refractivity contribution in [2.45, 2.75) is 19.4 Å². The fourth-order valence-electron chi connectivity index (χ4n) is 2.44. The number of hydrazine groups is 1. The third kappa shape index (κ3) is 2.33. The molecule has 1 aromatic carbocycles. The van der Waals surface area contributed by atoms with Gasteiger partial charge >= 0.3 is 0 Å². The number of nitrogens with one attached hydrogen (secondary N) is 1. The van der Waals surface area contributed by atoms with Crippen molar-refractivity contribution in [2.24, 2.45) is 5.84 Å². The Morgan fingerprint density at radius 2 is 2.10 bits per heavy atom. The maximum atomic E-state index is 5.81. The third-order valence-corrected chi connectivity index (χ3v) is 4.77. The predicted octanol–water partition coefficient (Wildman–Crippen LogP) is 3.41. The van der Waals surface area contributed by atoms with Gasteiger partial charge in [-0.1, -0.05) is 25.1 Å². The SMILES string of the molecule is CCc1ccc(C(NN)c2cccc3ncccc23)s1. The molecule has 3 nitrogen and oxygen atoms in total. The Labute approximate surface area is 122 Å². The fourth-order valence-corrected chi connectivity index (χ4v) is 3.48. The summed E-state index contributed by atoms with van der Waals surface area (Å²) in [6.45, 7) is 2.17. The minimum absolute atomic E-state index is 0.00759. The molecular formula is C16H17N3S. The Hall–Kier alpha value is -1.75. The number of fused-ring (bicyclic) bond motifs is 1.